The van der Waals surface area contributed by atoms with Crippen LogP contribution >= 0.6 is 0 Å². The van der Waals surface area contributed by atoms with Crippen LogP contribution in [0.4, 0.5) is 0 Å². The highest BCUT2D eigenvalue weighted by Gasteiger charge is 2.67. The molecule has 0 heterocycles. The highest BCUT2D eigenvalue weighted by Crippen LogP contribution is 2.69. The maximum Gasteiger partial charge on any atom is 0.312 e. The molecule has 4 aliphatic rings. The van der Waals surface area contributed by atoms with Crippen molar-refractivity contribution in [1.29, 1.82) is 0 Å². The molecule has 0 N–H and O–H groups in total. The van der Waals surface area contributed by atoms with Crippen LogP contribution in [0, 0.1) is 35.0 Å². The number of ether oxygens (including phenoxy) is 1. The molecule has 0 amide bonds. The normalized spacial score (nSPS) is 37.5. The Kier molecular flexibility index (Phi) is 5.58. The molecule has 2 nitrogen and oxygen atoms in total. The molecular formula is C32H42O2. The van der Waals surface area contributed by atoms with E-state index in [0.29, 0.717) is 23.7 Å². The van der Waals surface area contributed by atoms with E-state index in [0.717, 1.165) is 25.2 Å². The fourth-order valence-corrected chi connectivity index (χ4v) is 9.01. The molecule has 0 unspecified atom stereocenters. The molecule has 0 bridgehead atoms. The van der Waals surface area contributed by atoms with E-state index in [-0.39, 0.29) is 22.9 Å². The summed E-state index contributed by atoms with van der Waals surface area (Å²) in [4.78, 5) is 14.1. The molecule has 0 spiro atoms. The molecule has 7 atom stereocenters. The maximum atomic E-state index is 14.1. The Labute approximate surface area is 205 Å². The Morgan fingerprint density at radius 3 is 2.50 bits per heavy atom. The number of carbonyl (C=O) groups is 1. The predicted molar refractivity (Wildman–Crippen MR) is 139 cm³/mol. The monoisotopic (exact) mass is 458 g/mol. The minimum Gasteiger partial charge on any atom is -0.462 e. The van der Waals surface area contributed by atoms with Gasteiger partial charge in [-0.25, -0.2) is 0 Å². The van der Waals surface area contributed by atoms with Gasteiger partial charge in [0.15, 0.2) is 0 Å². The van der Waals surface area contributed by atoms with Crippen molar-refractivity contribution in [1.82, 2.24) is 0 Å². The third kappa shape index (κ3) is 3.38. The average molecular weight is 459 g/mol. The lowest BCUT2D eigenvalue weighted by atomic mass is 9.43. The number of rotatable bonds is 4. The fraction of sp³-hybridized carbons (Fsp3) is 0.656. The Morgan fingerprint density at radius 1 is 0.912 bits per heavy atom. The minimum atomic E-state index is -0.141. The van der Waals surface area contributed by atoms with E-state index in [1.165, 1.54) is 61.3 Å². The Bertz CT molecular complexity index is 1070. The van der Waals surface area contributed by atoms with E-state index in [1.807, 2.05) is 0 Å². The number of fused-ring (bicyclic) bond motifs is 5. The van der Waals surface area contributed by atoms with Gasteiger partial charge in [0.1, 0.15) is 6.10 Å². The topological polar surface area (TPSA) is 26.3 Å². The third-order valence-electron chi connectivity index (χ3n) is 10.9. The van der Waals surface area contributed by atoms with Gasteiger partial charge in [-0.05, 0) is 83.9 Å². The summed E-state index contributed by atoms with van der Waals surface area (Å²) in [6.07, 6.45) is 12.2. The number of hydrogen-bond donors (Lipinski definition) is 0. The van der Waals surface area contributed by atoms with Crippen LogP contribution in [0.5, 0.6) is 0 Å². The van der Waals surface area contributed by atoms with Crippen LogP contribution in [0.2, 0.25) is 0 Å². The number of benzene rings is 2. The summed E-state index contributed by atoms with van der Waals surface area (Å²) in [7, 11) is 0. The first kappa shape index (κ1) is 22.6. The van der Waals surface area contributed by atoms with Crippen molar-refractivity contribution in [2.75, 3.05) is 0 Å². The lowest BCUT2D eigenvalue weighted by Gasteiger charge is -2.60. The van der Waals surface area contributed by atoms with Gasteiger partial charge in [0.2, 0.25) is 0 Å². The van der Waals surface area contributed by atoms with E-state index in [1.54, 1.807) is 0 Å². The van der Waals surface area contributed by atoms with Crippen molar-refractivity contribution in [3.05, 3.63) is 48.0 Å². The Balaban J connectivity index is 1.28. The van der Waals surface area contributed by atoms with Crippen molar-refractivity contribution >= 4 is 16.7 Å². The van der Waals surface area contributed by atoms with Gasteiger partial charge >= 0.3 is 5.97 Å². The molecule has 2 aromatic carbocycles. The zero-order valence-electron chi connectivity index (χ0n) is 21.4. The van der Waals surface area contributed by atoms with E-state index in [2.05, 4.69) is 63.2 Å². The van der Waals surface area contributed by atoms with Crippen LogP contribution in [0.25, 0.3) is 10.8 Å². The lowest BCUT2D eigenvalue weighted by molar-refractivity contribution is -0.207. The highest BCUT2D eigenvalue weighted by molar-refractivity contribution is 5.83. The number of carbonyl (C=O) groups excluding carboxylic acids is 1. The summed E-state index contributed by atoms with van der Waals surface area (Å²) in [5.41, 5.74) is 1.20. The molecule has 182 valence electrons. The Morgan fingerprint density at radius 2 is 1.68 bits per heavy atom. The summed E-state index contributed by atoms with van der Waals surface area (Å²) >= 11 is 0. The lowest BCUT2D eigenvalue weighted by Crippen LogP contribution is -2.61. The van der Waals surface area contributed by atoms with E-state index < -0.39 is 0 Å². The third-order valence-corrected chi connectivity index (χ3v) is 10.9. The zero-order chi connectivity index (χ0) is 23.5. The summed E-state index contributed by atoms with van der Waals surface area (Å²) in [6.45, 7) is 7.12. The van der Waals surface area contributed by atoms with Gasteiger partial charge in [0.05, 0.1) is 5.41 Å². The summed E-state index contributed by atoms with van der Waals surface area (Å²) in [5, 5.41) is 2.59. The van der Waals surface area contributed by atoms with Gasteiger partial charge < -0.3 is 4.74 Å². The minimum absolute atomic E-state index is 0.0335. The summed E-state index contributed by atoms with van der Waals surface area (Å²) in [6, 6.07) is 15.6. The molecule has 34 heavy (non-hydrogen) atoms. The van der Waals surface area contributed by atoms with E-state index in [9.17, 15) is 4.79 Å². The first-order chi connectivity index (χ1) is 16.4. The molecule has 4 saturated carbocycles. The van der Waals surface area contributed by atoms with Gasteiger partial charge in [-0.2, -0.15) is 0 Å². The average Bonchev–Trinajstić information content (AvgIpc) is 3.27. The summed E-state index contributed by atoms with van der Waals surface area (Å²) in [5.74, 6) is 3.21. The molecule has 2 aromatic rings. The largest absolute Gasteiger partial charge is 0.462 e. The molecular weight excluding hydrogens is 416 g/mol. The van der Waals surface area contributed by atoms with Crippen molar-refractivity contribution in [2.45, 2.75) is 96.5 Å². The van der Waals surface area contributed by atoms with Crippen LogP contribution in [-0.2, 0) is 14.9 Å². The van der Waals surface area contributed by atoms with Gasteiger partial charge in [-0.3, -0.25) is 4.79 Å². The van der Waals surface area contributed by atoms with Crippen LogP contribution in [-0.4, -0.2) is 12.1 Å². The highest BCUT2D eigenvalue weighted by atomic mass is 16.5. The van der Waals surface area contributed by atoms with E-state index in [4.69, 9.17) is 4.74 Å². The fourth-order valence-electron chi connectivity index (χ4n) is 9.01. The van der Waals surface area contributed by atoms with Crippen LogP contribution in [0.3, 0.4) is 0 Å². The Hall–Kier alpha value is -1.83. The van der Waals surface area contributed by atoms with Gasteiger partial charge in [-0.15, -0.1) is 0 Å². The SMILES string of the molecule is C[C@@H]1CC[C@@H](C(C)(C)c2ccc3ccccc3c2)[C@H](OC(=O)[C@@]23CCCC[C@H]2[C@H]2CCC[C@@H]23)C1. The molecule has 0 aromatic heterocycles. The quantitative estimate of drug-likeness (QED) is 0.433. The second-order valence-electron chi connectivity index (χ2n) is 12.8. The smallest absolute Gasteiger partial charge is 0.312 e. The van der Waals surface area contributed by atoms with Crippen molar-refractivity contribution < 1.29 is 9.53 Å². The molecule has 2 heteroatoms. The van der Waals surface area contributed by atoms with Crippen LogP contribution < -0.4 is 0 Å². The molecule has 4 fully saturated rings. The summed E-state index contributed by atoms with van der Waals surface area (Å²) < 4.78 is 6.70. The molecule has 6 rings (SSSR count). The molecule has 0 radical (unpaired) electrons. The van der Waals surface area contributed by atoms with Crippen molar-refractivity contribution in [3.8, 4) is 0 Å². The zero-order valence-corrected chi connectivity index (χ0v) is 21.4. The first-order valence-corrected chi connectivity index (χ1v) is 14.1. The number of hydrogen-bond acceptors (Lipinski definition) is 2. The van der Waals surface area contributed by atoms with Gasteiger partial charge in [0, 0.05) is 5.92 Å². The number of esters is 1. The van der Waals surface area contributed by atoms with Crippen LogP contribution in [0.15, 0.2) is 42.5 Å². The maximum absolute atomic E-state index is 14.1. The van der Waals surface area contributed by atoms with Crippen molar-refractivity contribution in [2.24, 2.45) is 35.0 Å². The molecule has 4 aliphatic carbocycles. The predicted octanol–water partition coefficient (Wildman–Crippen LogP) is 8.07. The van der Waals surface area contributed by atoms with Crippen LogP contribution in [0.1, 0.15) is 90.5 Å². The van der Waals surface area contributed by atoms with E-state index >= 15 is 0 Å². The molecule has 0 saturated heterocycles. The second-order valence-corrected chi connectivity index (χ2v) is 12.8. The van der Waals surface area contributed by atoms with Crippen molar-refractivity contribution in [3.63, 3.8) is 0 Å². The molecule has 0 aliphatic heterocycles. The second kappa shape index (κ2) is 8.38. The van der Waals surface area contributed by atoms with Gasteiger partial charge in [0.25, 0.3) is 0 Å². The standard InChI is InChI=1S/C32H42O2/c1-21-14-17-28(31(2,3)24-16-15-22-9-4-5-10-23(22)20-24)29(19-21)34-30(33)32-18-7-6-12-26(32)25-11-8-13-27(25)32/h4-5,9-10,15-16,20-21,25-29H,6-8,11-14,17-19H2,1-3H3/t21-,25-,26+,27+,28-,29-,32+/m1/s1. The van der Waals surface area contributed by atoms with Gasteiger partial charge in [-0.1, -0.05) is 88.9 Å². The first-order valence-electron chi connectivity index (χ1n) is 14.1.